The summed E-state index contributed by atoms with van der Waals surface area (Å²) in [5.74, 6) is 0. The van der Waals surface area contributed by atoms with Gasteiger partial charge in [-0.15, -0.1) is 11.3 Å². The number of hydrogen-bond donors (Lipinski definition) is 1. The molecule has 0 saturated carbocycles. The van der Waals surface area contributed by atoms with Crippen LogP contribution in [-0.4, -0.2) is 18.1 Å². The number of ether oxygens (including phenoxy) is 1. The van der Waals surface area contributed by atoms with Crippen LogP contribution < -0.4 is 5.32 Å². The first-order valence-electron chi connectivity index (χ1n) is 6.67. The summed E-state index contributed by atoms with van der Waals surface area (Å²) in [6.45, 7) is 3.79. The smallest absolute Gasteiger partial charge is 0.109 e. The summed E-state index contributed by atoms with van der Waals surface area (Å²) < 4.78 is 5.89. The van der Waals surface area contributed by atoms with Crippen LogP contribution in [0.15, 0.2) is 35.8 Å². The van der Waals surface area contributed by atoms with Crippen molar-refractivity contribution in [2.75, 3.05) is 13.2 Å². The number of benzene rings is 1. The maximum atomic E-state index is 5.89. The summed E-state index contributed by atoms with van der Waals surface area (Å²) in [5, 5.41) is 6.66. The van der Waals surface area contributed by atoms with Crippen LogP contribution in [0.2, 0.25) is 0 Å². The fourth-order valence-electron chi connectivity index (χ4n) is 2.47. The van der Waals surface area contributed by atoms with Crippen LogP contribution in [0.5, 0.6) is 0 Å². The third kappa shape index (κ3) is 2.86. The first-order valence-corrected chi connectivity index (χ1v) is 7.55. The monoisotopic (exact) mass is 274 g/mol. The third-order valence-electron chi connectivity index (χ3n) is 3.52. The summed E-state index contributed by atoms with van der Waals surface area (Å²) in [6, 6.07) is 8.85. The molecule has 0 spiro atoms. The minimum atomic E-state index is 0.160. The Kier molecular flexibility index (Phi) is 3.92. The Hall–Kier alpha value is -1.23. The van der Waals surface area contributed by atoms with Crippen molar-refractivity contribution in [2.24, 2.45) is 0 Å². The lowest BCUT2D eigenvalue weighted by Crippen LogP contribution is -2.29. The van der Waals surface area contributed by atoms with Gasteiger partial charge in [0.1, 0.15) is 5.01 Å². The predicted molar refractivity (Wildman–Crippen MR) is 77.4 cm³/mol. The van der Waals surface area contributed by atoms with E-state index in [4.69, 9.17) is 4.74 Å². The lowest BCUT2D eigenvalue weighted by molar-refractivity contribution is 0.0409. The molecule has 1 aliphatic heterocycles. The molecule has 2 atom stereocenters. The largest absolute Gasteiger partial charge is 0.372 e. The molecule has 2 unspecified atom stereocenters. The molecule has 3 rings (SSSR count). The number of fused-ring (bicyclic) bond motifs is 1. The summed E-state index contributed by atoms with van der Waals surface area (Å²) >= 11 is 1.69. The molecule has 2 heterocycles. The highest BCUT2D eigenvalue weighted by Crippen LogP contribution is 2.27. The molecule has 0 saturated heterocycles. The van der Waals surface area contributed by atoms with Gasteiger partial charge in [-0.2, -0.15) is 0 Å². The van der Waals surface area contributed by atoms with Crippen LogP contribution >= 0.6 is 11.3 Å². The van der Waals surface area contributed by atoms with E-state index in [1.165, 1.54) is 11.1 Å². The number of nitrogens with zero attached hydrogens (tertiary/aromatic N) is 1. The highest BCUT2D eigenvalue weighted by molar-refractivity contribution is 7.09. The average Bonchev–Trinajstić information content (AvgIpc) is 2.99. The van der Waals surface area contributed by atoms with Crippen LogP contribution in [0.1, 0.15) is 35.2 Å². The van der Waals surface area contributed by atoms with E-state index in [1.807, 2.05) is 11.6 Å². The van der Waals surface area contributed by atoms with Gasteiger partial charge in [0.15, 0.2) is 0 Å². The van der Waals surface area contributed by atoms with Crippen LogP contribution in [0.4, 0.5) is 0 Å². The molecule has 1 aromatic carbocycles. The maximum absolute atomic E-state index is 5.89. The molecule has 19 heavy (non-hydrogen) atoms. The van der Waals surface area contributed by atoms with E-state index in [0.29, 0.717) is 0 Å². The zero-order valence-corrected chi connectivity index (χ0v) is 11.8. The average molecular weight is 274 g/mol. The van der Waals surface area contributed by atoms with E-state index in [1.54, 1.807) is 11.3 Å². The van der Waals surface area contributed by atoms with Gasteiger partial charge < -0.3 is 10.1 Å². The Morgan fingerprint density at radius 1 is 1.47 bits per heavy atom. The van der Waals surface area contributed by atoms with Gasteiger partial charge in [-0.3, -0.25) is 0 Å². The van der Waals surface area contributed by atoms with Crippen LogP contribution in [0, 0.1) is 0 Å². The van der Waals surface area contributed by atoms with E-state index in [0.717, 1.165) is 24.6 Å². The molecule has 0 fully saturated rings. The molecule has 1 N–H and O–H groups in total. The molecule has 1 aromatic heterocycles. The fourth-order valence-corrected chi connectivity index (χ4v) is 3.14. The number of thiazole rings is 1. The molecule has 0 bridgehead atoms. The number of nitrogens with one attached hydrogen (secondary N) is 1. The number of aromatic nitrogens is 1. The Balaban J connectivity index is 1.65. The van der Waals surface area contributed by atoms with Crippen LogP contribution in [-0.2, 0) is 11.2 Å². The van der Waals surface area contributed by atoms with Crippen molar-refractivity contribution in [1.82, 2.24) is 10.3 Å². The summed E-state index contributed by atoms with van der Waals surface area (Å²) in [5.41, 5.74) is 2.75. The Bertz CT molecular complexity index is 527. The molecule has 0 amide bonds. The maximum Gasteiger partial charge on any atom is 0.109 e. The zero-order chi connectivity index (χ0) is 13.1. The highest BCUT2D eigenvalue weighted by Gasteiger charge is 2.21. The van der Waals surface area contributed by atoms with Crippen molar-refractivity contribution in [1.29, 1.82) is 0 Å². The molecular weight excluding hydrogens is 256 g/mol. The van der Waals surface area contributed by atoms with Crippen molar-refractivity contribution < 1.29 is 4.74 Å². The van der Waals surface area contributed by atoms with Gasteiger partial charge in [-0.25, -0.2) is 4.98 Å². The standard InChI is InChI=1S/C15H18N2OS/c1-11(15-16-7-9-19-15)17-10-14-13-5-3-2-4-12(13)6-8-18-14/h2-5,7,9,11,14,17H,6,8,10H2,1H3. The molecule has 0 radical (unpaired) electrons. The SMILES string of the molecule is CC(NCC1OCCc2ccccc21)c1nccs1. The Morgan fingerprint density at radius 2 is 2.37 bits per heavy atom. The first-order chi connectivity index (χ1) is 9.34. The van der Waals surface area contributed by atoms with Crippen molar-refractivity contribution in [3.05, 3.63) is 52.0 Å². The van der Waals surface area contributed by atoms with Gasteiger partial charge in [0.2, 0.25) is 0 Å². The van der Waals surface area contributed by atoms with E-state index in [-0.39, 0.29) is 12.1 Å². The van der Waals surface area contributed by atoms with Gasteiger partial charge in [-0.05, 0) is 24.5 Å². The number of rotatable bonds is 4. The van der Waals surface area contributed by atoms with E-state index >= 15 is 0 Å². The highest BCUT2D eigenvalue weighted by atomic mass is 32.1. The zero-order valence-electron chi connectivity index (χ0n) is 11.0. The summed E-state index contributed by atoms with van der Waals surface area (Å²) in [4.78, 5) is 4.34. The second-order valence-electron chi connectivity index (χ2n) is 4.81. The Labute approximate surface area is 117 Å². The van der Waals surface area contributed by atoms with Gasteiger partial charge >= 0.3 is 0 Å². The fraction of sp³-hybridized carbons (Fsp3) is 0.400. The topological polar surface area (TPSA) is 34.1 Å². The van der Waals surface area contributed by atoms with Gasteiger partial charge in [-0.1, -0.05) is 24.3 Å². The molecule has 100 valence electrons. The van der Waals surface area contributed by atoms with Gasteiger partial charge in [0.05, 0.1) is 18.8 Å². The molecule has 1 aliphatic rings. The first kappa shape index (κ1) is 12.8. The lowest BCUT2D eigenvalue weighted by atomic mass is 9.97. The quantitative estimate of drug-likeness (QED) is 0.930. The molecule has 0 aliphatic carbocycles. The van der Waals surface area contributed by atoms with Crippen molar-refractivity contribution in [2.45, 2.75) is 25.5 Å². The molecule has 2 aromatic rings. The van der Waals surface area contributed by atoms with Crippen LogP contribution in [0.3, 0.4) is 0 Å². The number of hydrogen-bond acceptors (Lipinski definition) is 4. The lowest BCUT2D eigenvalue weighted by Gasteiger charge is -2.27. The van der Waals surface area contributed by atoms with Gasteiger partial charge in [0.25, 0.3) is 0 Å². The molecule has 3 nitrogen and oxygen atoms in total. The van der Waals surface area contributed by atoms with Crippen molar-refractivity contribution >= 4 is 11.3 Å². The molecular formula is C15H18N2OS. The van der Waals surface area contributed by atoms with Crippen molar-refractivity contribution in [3.63, 3.8) is 0 Å². The summed E-state index contributed by atoms with van der Waals surface area (Å²) in [7, 11) is 0. The Morgan fingerprint density at radius 3 is 3.21 bits per heavy atom. The normalized spacial score (nSPS) is 19.9. The second kappa shape index (κ2) is 5.82. The molecule has 4 heteroatoms. The van der Waals surface area contributed by atoms with E-state index in [9.17, 15) is 0 Å². The minimum Gasteiger partial charge on any atom is -0.372 e. The summed E-state index contributed by atoms with van der Waals surface area (Å²) in [6.07, 6.45) is 3.03. The second-order valence-corrected chi connectivity index (χ2v) is 5.73. The minimum absolute atomic E-state index is 0.160. The predicted octanol–water partition coefficient (Wildman–Crippen LogP) is 3.11. The van der Waals surface area contributed by atoms with Gasteiger partial charge in [0, 0.05) is 18.1 Å². The van der Waals surface area contributed by atoms with Crippen LogP contribution in [0.25, 0.3) is 0 Å². The third-order valence-corrected chi connectivity index (χ3v) is 4.48. The van der Waals surface area contributed by atoms with Crippen molar-refractivity contribution in [3.8, 4) is 0 Å². The van der Waals surface area contributed by atoms with E-state index in [2.05, 4.69) is 41.5 Å². The van der Waals surface area contributed by atoms with E-state index < -0.39 is 0 Å².